The Bertz CT molecular complexity index is 3340. The topological polar surface area (TPSA) is 178 Å². The summed E-state index contributed by atoms with van der Waals surface area (Å²) in [5.41, 5.74) is 6.85. The number of amides is 2. The molecule has 5 aliphatic rings. The Labute approximate surface area is 465 Å². The number of phenolic OH excluding ortho intramolecular Hbond substituents is 1. The van der Waals surface area contributed by atoms with Crippen LogP contribution in [0.4, 0.5) is 16.0 Å². The number of aromatic nitrogens is 5. The Morgan fingerprint density at radius 2 is 1.71 bits per heavy atom. The van der Waals surface area contributed by atoms with Crippen LogP contribution in [0.2, 0.25) is 0 Å². The maximum atomic E-state index is 17.1. The van der Waals surface area contributed by atoms with Crippen molar-refractivity contribution in [2.24, 2.45) is 17.8 Å². The average Bonchev–Trinajstić information content (AvgIpc) is 4.30. The molecule has 0 saturated carbocycles. The lowest BCUT2D eigenvalue weighted by Crippen LogP contribution is -2.51. The van der Waals surface area contributed by atoms with Gasteiger partial charge in [0.1, 0.15) is 41.3 Å². The van der Waals surface area contributed by atoms with Crippen LogP contribution >= 0.6 is 11.3 Å². The van der Waals surface area contributed by atoms with Crippen LogP contribution < -0.4 is 25.2 Å². The summed E-state index contributed by atoms with van der Waals surface area (Å²) < 4.78 is 29.4. The highest BCUT2D eigenvalue weighted by Crippen LogP contribution is 2.40. The van der Waals surface area contributed by atoms with Crippen molar-refractivity contribution in [3.8, 4) is 33.5 Å². The van der Waals surface area contributed by atoms with E-state index in [0.717, 1.165) is 128 Å². The first kappa shape index (κ1) is 52.9. The normalized spacial score (nSPS) is 20.8. The number of piperazine rings is 1. The van der Waals surface area contributed by atoms with Gasteiger partial charge in [-0.25, -0.2) is 9.37 Å². The van der Waals surface area contributed by atoms with Gasteiger partial charge in [-0.2, -0.15) is 9.97 Å². The number of halogens is 1. The number of rotatable bonds is 17. The van der Waals surface area contributed by atoms with E-state index in [4.69, 9.17) is 24.2 Å². The molecule has 18 heteroatoms. The van der Waals surface area contributed by atoms with E-state index in [0.29, 0.717) is 72.6 Å². The molecule has 0 radical (unpaired) electrons. The molecule has 3 N–H and O–H groups in total. The number of nitrogens with one attached hydrogen (secondary N) is 2. The third-order valence-electron chi connectivity index (χ3n) is 17.5. The summed E-state index contributed by atoms with van der Waals surface area (Å²) in [5, 5.41) is 24.4. The first-order chi connectivity index (χ1) is 38.3. The van der Waals surface area contributed by atoms with Gasteiger partial charge in [0.05, 0.1) is 27.5 Å². The summed E-state index contributed by atoms with van der Waals surface area (Å²) in [4.78, 5) is 56.8. The highest BCUT2D eigenvalue weighted by molar-refractivity contribution is 7.13. The van der Waals surface area contributed by atoms with Gasteiger partial charge in [0.2, 0.25) is 11.8 Å². The second kappa shape index (κ2) is 22.4. The van der Waals surface area contributed by atoms with Crippen molar-refractivity contribution in [3.63, 3.8) is 0 Å². The fourth-order valence-corrected chi connectivity index (χ4v) is 14.1. The fraction of sp³-hybridized carbons (Fsp3) is 0.492. The Balaban J connectivity index is 0.636. The van der Waals surface area contributed by atoms with Gasteiger partial charge in [-0.1, -0.05) is 68.4 Å². The van der Waals surface area contributed by atoms with E-state index < -0.39 is 17.8 Å². The molecule has 5 aliphatic heterocycles. The zero-order valence-corrected chi connectivity index (χ0v) is 46.8. The Morgan fingerprint density at radius 1 is 0.924 bits per heavy atom. The van der Waals surface area contributed by atoms with Crippen molar-refractivity contribution in [1.29, 1.82) is 0 Å². The number of aryl methyl sites for hydroxylation is 2. The molecule has 414 valence electrons. The molecule has 79 heavy (non-hydrogen) atoms. The van der Waals surface area contributed by atoms with Gasteiger partial charge in [0, 0.05) is 82.3 Å². The first-order valence-electron chi connectivity index (χ1n) is 28.7. The number of nitrogens with zero attached hydrogens (tertiary/aromatic N) is 9. The zero-order valence-electron chi connectivity index (χ0n) is 46.0. The average molecular weight is 1090 g/mol. The summed E-state index contributed by atoms with van der Waals surface area (Å²) in [5.74, 6) is 1.82. The third-order valence-corrected chi connectivity index (χ3v) is 18.5. The van der Waals surface area contributed by atoms with E-state index in [1.54, 1.807) is 34.6 Å². The lowest BCUT2D eigenvalue weighted by molar-refractivity contribution is -0.141. The second-order valence-electron chi connectivity index (χ2n) is 23.2. The number of piperidine rings is 1. The van der Waals surface area contributed by atoms with Gasteiger partial charge in [-0.05, 0) is 123 Å². The first-order valence-corrected chi connectivity index (χ1v) is 29.5. The summed E-state index contributed by atoms with van der Waals surface area (Å²) in [6, 6.07) is 19.5. The summed E-state index contributed by atoms with van der Waals surface area (Å²) >= 11 is 1.62. The van der Waals surface area contributed by atoms with Gasteiger partial charge in [0.25, 0.3) is 0 Å². The van der Waals surface area contributed by atoms with Crippen molar-refractivity contribution in [1.82, 2.24) is 45.5 Å². The number of ether oxygens (including phenoxy) is 1. The van der Waals surface area contributed by atoms with Crippen LogP contribution in [0.3, 0.4) is 0 Å². The van der Waals surface area contributed by atoms with Crippen molar-refractivity contribution in [2.75, 3.05) is 68.8 Å². The number of aromatic hydroxyl groups is 1. The Morgan fingerprint density at radius 3 is 2.44 bits per heavy atom. The van der Waals surface area contributed by atoms with Crippen LogP contribution in [0.25, 0.3) is 43.4 Å². The molecule has 0 aliphatic carbocycles. The molecule has 5 atom stereocenters. The number of benzene rings is 3. The minimum absolute atomic E-state index is 0.0490. The second-order valence-corrected chi connectivity index (χ2v) is 24.0. The Kier molecular flexibility index (Phi) is 15.0. The number of anilines is 2. The molecule has 5 fully saturated rings. The fourth-order valence-electron chi connectivity index (χ4n) is 13.3. The van der Waals surface area contributed by atoms with Crippen LogP contribution in [0, 0.1) is 30.5 Å². The molecular formula is C61H72FN11O5S. The molecule has 2 amide bonds. The maximum Gasteiger partial charge on any atom is 0.319 e. The highest BCUT2D eigenvalue weighted by Gasteiger charge is 2.41. The van der Waals surface area contributed by atoms with E-state index in [9.17, 15) is 14.7 Å². The maximum absolute atomic E-state index is 17.1. The number of carbonyl (C=O) groups excluding carboxylic acids is 2. The quantitative estimate of drug-likeness (QED) is 0.0785. The van der Waals surface area contributed by atoms with Crippen molar-refractivity contribution in [2.45, 2.75) is 116 Å². The molecule has 5 saturated heterocycles. The zero-order chi connectivity index (χ0) is 54.5. The van der Waals surface area contributed by atoms with Crippen LogP contribution in [-0.2, 0) is 16.0 Å². The van der Waals surface area contributed by atoms with Crippen LogP contribution in [0.1, 0.15) is 107 Å². The van der Waals surface area contributed by atoms with Crippen molar-refractivity contribution >= 4 is 56.5 Å². The molecule has 12 rings (SSSR count). The van der Waals surface area contributed by atoms with E-state index in [1.807, 2.05) is 57.5 Å². The molecule has 9 heterocycles. The third kappa shape index (κ3) is 10.8. The Hall–Kier alpha value is -6.76. The molecule has 7 aromatic rings. The highest BCUT2D eigenvalue weighted by atomic mass is 32.1. The predicted octanol–water partition coefficient (Wildman–Crippen LogP) is 9.84. The minimum atomic E-state index is -0.557. The molecule has 16 nitrogen and oxygen atoms in total. The van der Waals surface area contributed by atoms with Gasteiger partial charge in [-0.15, -0.1) is 11.3 Å². The van der Waals surface area contributed by atoms with E-state index in [-0.39, 0.29) is 46.7 Å². The van der Waals surface area contributed by atoms with Crippen LogP contribution in [0.15, 0.2) is 76.9 Å². The van der Waals surface area contributed by atoms with Gasteiger partial charge >= 0.3 is 6.01 Å². The van der Waals surface area contributed by atoms with E-state index >= 15 is 4.39 Å². The van der Waals surface area contributed by atoms with Crippen molar-refractivity contribution in [3.05, 3.63) is 101 Å². The lowest BCUT2D eigenvalue weighted by Gasteiger charge is -2.42. The number of phenols is 1. The van der Waals surface area contributed by atoms with Crippen LogP contribution in [-0.4, -0.2) is 129 Å². The number of pyridine rings is 1. The van der Waals surface area contributed by atoms with Crippen molar-refractivity contribution < 1.29 is 28.3 Å². The lowest BCUT2D eigenvalue weighted by atomic mass is 9.83. The monoisotopic (exact) mass is 1090 g/mol. The number of carbonyl (C=O) groups is 2. The molecule has 3 aromatic carbocycles. The number of likely N-dealkylation sites (tertiary alicyclic amines) is 2. The van der Waals surface area contributed by atoms with E-state index in [1.165, 1.54) is 0 Å². The van der Waals surface area contributed by atoms with Gasteiger partial charge < -0.3 is 39.7 Å². The summed E-state index contributed by atoms with van der Waals surface area (Å²) in [7, 11) is 0. The predicted molar refractivity (Wildman–Crippen MR) is 306 cm³/mol. The molecule has 2 bridgehead atoms. The number of fused-ring (bicyclic) bond motifs is 4. The smallest absolute Gasteiger partial charge is 0.319 e. The summed E-state index contributed by atoms with van der Waals surface area (Å²) in [6.45, 7) is 17.0. The van der Waals surface area contributed by atoms with E-state index in [2.05, 4.69) is 66.7 Å². The summed E-state index contributed by atoms with van der Waals surface area (Å²) in [6.07, 6.45) is 9.27. The number of hydrogen-bond acceptors (Lipinski definition) is 15. The SMILES string of the molecule is CCc1cccc2cc(O)cc(-c3ncc4c(N5CC6CCC(C5)N6)nc(OCCN5CC(CC6CCN(c7cc([C@H](C(=O)N8CCC[C@H]8C(=O)N[C@@H](C)c8ccc(-c9scnc9C)cc8)C(C)C)on7)CC6)C5)nc4c3F)c12. The minimum Gasteiger partial charge on any atom is -0.508 e. The van der Waals surface area contributed by atoms with Gasteiger partial charge in [0.15, 0.2) is 17.4 Å². The molecule has 4 aromatic heterocycles. The standard InChI is InChI=1S/C61H72FN11O5S/c1-6-40-9-7-10-43-26-46(74)27-47(53(40)43)55-54(62)56-48(29-63-55)58(72-32-44-16-17-45(33-72)66-44)68-61(67-56)77-24-23-70-30-39(31-70)25-38-18-21-71(22-19-38)51-28-50(78-69-51)52(35(2)3)60(76)73-20-8-11-49(73)59(75)65-36(4)41-12-14-42(15-13-41)57-37(5)64-34-79-57/h7,9-10,12-15,26-29,34-36,38-39,44-45,49,52,66,74H,6,8,11,16-25,30-33H2,1-5H3,(H,65,75)/t36-,44?,45?,49-,52+/m0/s1. The molecular weight excluding hydrogens is 1020 g/mol. The largest absolute Gasteiger partial charge is 0.508 e. The van der Waals surface area contributed by atoms with Gasteiger partial charge in [-0.3, -0.25) is 19.5 Å². The number of hydrogen-bond donors (Lipinski definition) is 3. The van der Waals surface area contributed by atoms with Crippen LogP contribution in [0.5, 0.6) is 11.8 Å². The molecule has 2 unspecified atom stereocenters. The molecule has 0 spiro atoms. The number of thiazole rings is 1.